The lowest BCUT2D eigenvalue weighted by atomic mass is 9.91. The van der Waals surface area contributed by atoms with Crippen LogP contribution in [0.4, 0.5) is 0 Å². The number of rotatable bonds is 2. The minimum atomic E-state index is 0.211. The van der Waals surface area contributed by atoms with Gasteiger partial charge in [0.05, 0.1) is 13.4 Å². The van der Waals surface area contributed by atoms with Crippen LogP contribution in [0.15, 0.2) is 60.9 Å². The summed E-state index contributed by atoms with van der Waals surface area (Å²) in [6.07, 6.45) is 5.22. The number of benzene rings is 2. The second-order valence-corrected chi connectivity index (χ2v) is 5.44. The molecule has 0 radical (unpaired) electrons. The molecule has 19 heavy (non-hydrogen) atoms. The standard InChI is InChI=1S/C18H16O/c1-19-11-10-13-12-18(13)16-8-4-2-6-14(16)15-7-3-5-9-17(15)18/h2-11,13H,12H2,1H3/b11-10+. The van der Waals surface area contributed by atoms with E-state index in [-0.39, 0.29) is 5.41 Å². The summed E-state index contributed by atoms with van der Waals surface area (Å²) in [5.41, 5.74) is 6.00. The molecule has 0 aromatic heterocycles. The van der Waals surface area contributed by atoms with Crippen LogP contribution in [0.25, 0.3) is 11.1 Å². The van der Waals surface area contributed by atoms with Crippen LogP contribution in [-0.2, 0) is 10.2 Å². The highest BCUT2D eigenvalue weighted by Crippen LogP contribution is 2.66. The van der Waals surface area contributed by atoms with Gasteiger partial charge in [0, 0.05) is 5.41 Å². The molecule has 4 rings (SSSR count). The van der Waals surface area contributed by atoms with Gasteiger partial charge in [-0.25, -0.2) is 0 Å². The fourth-order valence-electron chi connectivity index (χ4n) is 3.67. The lowest BCUT2D eigenvalue weighted by Gasteiger charge is -2.12. The van der Waals surface area contributed by atoms with Crippen LogP contribution in [-0.4, -0.2) is 7.11 Å². The highest BCUT2D eigenvalue weighted by molar-refractivity contribution is 5.83. The molecule has 2 aromatic rings. The van der Waals surface area contributed by atoms with E-state index in [4.69, 9.17) is 4.74 Å². The molecule has 1 fully saturated rings. The van der Waals surface area contributed by atoms with Gasteiger partial charge in [0.2, 0.25) is 0 Å². The largest absolute Gasteiger partial charge is 0.505 e. The van der Waals surface area contributed by atoms with Crippen molar-refractivity contribution < 1.29 is 4.74 Å². The SMILES string of the molecule is CO/C=C/C1CC12c1ccccc1-c1ccccc12. The summed E-state index contributed by atoms with van der Waals surface area (Å²) in [5, 5.41) is 0. The zero-order valence-corrected chi connectivity index (χ0v) is 11.0. The Morgan fingerprint density at radius 3 is 2.16 bits per heavy atom. The third kappa shape index (κ3) is 1.30. The Balaban J connectivity index is 1.91. The zero-order valence-electron chi connectivity index (χ0n) is 11.0. The number of allylic oxidation sites excluding steroid dienone is 1. The predicted octanol–water partition coefficient (Wildman–Crippen LogP) is 4.13. The van der Waals surface area contributed by atoms with Crippen LogP contribution in [0.2, 0.25) is 0 Å². The Kier molecular flexibility index (Phi) is 2.14. The van der Waals surface area contributed by atoms with Crippen LogP contribution < -0.4 is 0 Å². The third-order valence-electron chi connectivity index (χ3n) is 4.57. The van der Waals surface area contributed by atoms with Gasteiger partial charge in [0.25, 0.3) is 0 Å². The van der Waals surface area contributed by atoms with Gasteiger partial charge in [-0.2, -0.15) is 0 Å². The van der Waals surface area contributed by atoms with Crippen molar-refractivity contribution in [1.29, 1.82) is 0 Å². The van der Waals surface area contributed by atoms with E-state index < -0.39 is 0 Å². The Morgan fingerprint density at radius 2 is 1.58 bits per heavy atom. The normalized spacial score (nSPS) is 21.4. The molecule has 0 aliphatic heterocycles. The molecule has 2 aliphatic carbocycles. The number of ether oxygens (including phenoxy) is 1. The van der Waals surface area contributed by atoms with Gasteiger partial charge in [-0.3, -0.25) is 0 Å². The summed E-state index contributed by atoms with van der Waals surface area (Å²) in [6.45, 7) is 0. The fourth-order valence-corrected chi connectivity index (χ4v) is 3.67. The fraction of sp³-hybridized carbons (Fsp3) is 0.222. The van der Waals surface area contributed by atoms with E-state index in [1.165, 1.54) is 28.7 Å². The summed E-state index contributed by atoms with van der Waals surface area (Å²) in [4.78, 5) is 0. The summed E-state index contributed by atoms with van der Waals surface area (Å²) >= 11 is 0. The van der Waals surface area contributed by atoms with Gasteiger partial charge in [0.15, 0.2) is 0 Å². The van der Waals surface area contributed by atoms with E-state index in [1.54, 1.807) is 7.11 Å². The second kappa shape index (κ2) is 3.74. The first-order valence-electron chi connectivity index (χ1n) is 6.77. The van der Waals surface area contributed by atoms with Crippen molar-refractivity contribution in [2.75, 3.05) is 7.11 Å². The molecule has 1 nitrogen and oxygen atoms in total. The highest BCUT2D eigenvalue weighted by atomic mass is 16.5. The molecule has 1 saturated carbocycles. The van der Waals surface area contributed by atoms with E-state index in [2.05, 4.69) is 54.6 Å². The maximum absolute atomic E-state index is 5.09. The average Bonchev–Trinajstić information content (AvgIpc) is 3.13. The summed E-state index contributed by atoms with van der Waals surface area (Å²) in [7, 11) is 1.71. The Hall–Kier alpha value is -2.02. The highest BCUT2D eigenvalue weighted by Gasteiger charge is 2.59. The number of methoxy groups -OCH3 is 1. The van der Waals surface area contributed by atoms with E-state index >= 15 is 0 Å². The lowest BCUT2D eigenvalue weighted by molar-refractivity contribution is 0.335. The van der Waals surface area contributed by atoms with Crippen LogP contribution in [0.1, 0.15) is 17.5 Å². The molecule has 0 bridgehead atoms. The molecule has 94 valence electrons. The molecule has 0 saturated heterocycles. The van der Waals surface area contributed by atoms with Crippen molar-refractivity contribution in [2.24, 2.45) is 5.92 Å². The first-order valence-corrected chi connectivity index (χ1v) is 6.77. The van der Waals surface area contributed by atoms with Gasteiger partial charge in [-0.05, 0) is 40.7 Å². The maximum atomic E-state index is 5.09. The first kappa shape index (κ1) is 10.9. The number of fused-ring (bicyclic) bond motifs is 5. The van der Waals surface area contributed by atoms with Crippen molar-refractivity contribution in [3.63, 3.8) is 0 Å². The minimum Gasteiger partial charge on any atom is -0.505 e. The van der Waals surface area contributed by atoms with Gasteiger partial charge >= 0.3 is 0 Å². The number of hydrogen-bond acceptors (Lipinski definition) is 1. The van der Waals surface area contributed by atoms with E-state index in [0.717, 1.165) is 0 Å². The summed E-state index contributed by atoms with van der Waals surface area (Å²) < 4.78 is 5.09. The molecule has 0 heterocycles. The maximum Gasteiger partial charge on any atom is 0.0787 e. The molecule has 0 amide bonds. The van der Waals surface area contributed by atoms with Gasteiger partial charge in [-0.15, -0.1) is 0 Å². The van der Waals surface area contributed by atoms with Gasteiger partial charge in [-0.1, -0.05) is 48.5 Å². The monoisotopic (exact) mass is 248 g/mol. The summed E-state index contributed by atoms with van der Waals surface area (Å²) in [5.74, 6) is 0.567. The third-order valence-corrected chi connectivity index (χ3v) is 4.57. The van der Waals surface area contributed by atoms with Crippen molar-refractivity contribution in [3.8, 4) is 11.1 Å². The molecule has 1 unspecified atom stereocenters. The van der Waals surface area contributed by atoms with Crippen molar-refractivity contribution >= 4 is 0 Å². The van der Waals surface area contributed by atoms with Crippen LogP contribution in [0.5, 0.6) is 0 Å². The van der Waals surface area contributed by atoms with Crippen molar-refractivity contribution in [3.05, 3.63) is 72.0 Å². The topological polar surface area (TPSA) is 9.23 Å². The number of hydrogen-bond donors (Lipinski definition) is 0. The van der Waals surface area contributed by atoms with E-state index in [0.29, 0.717) is 5.92 Å². The van der Waals surface area contributed by atoms with Crippen LogP contribution >= 0.6 is 0 Å². The molecule has 1 atom stereocenters. The van der Waals surface area contributed by atoms with Crippen molar-refractivity contribution in [2.45, 2.75) is 11.8 Å². The molecule has 1 heteroatoms. The molecule has 0 N–H and O–H groups in total. The zero-order chi connectivity index (χ0) is 12.9. The molecular formula is C18H16O. The smallest absolute Gasteiger partial charge is 0.0787 e. The van der Waals surface area contributed by atoms with E-state index in [9.17, 15) is 0 Å². The predicted molar refractivity (Wildman–Crippen MR) is 76.9 cm³/mol. The van der Waals surface area contributed by atoms with Gasteiger partial charge in [0.1, 0.15) is 0 Å². The van der Waals surface area contributed by atoms with Crippen LogP contribution in [0, 0.1) is 5.92 Å². The Labute approximate surface area is 113 Å². The Morgan fingerprint density at radius 1 is 1.00 bits per heavy atom. The average molecular weight is 248 g/mol. The van der Waals surface area contributed by atoms with E-state index in [1.807, 2.05) is 6.26 Å². The Bertz CT molecular complexity index is 623. The molecule has 1 spiro atoms. The molecule has 2 aromatic carbocycles. The molecule has 2 aliphatic rings. The minimum absolute atomic E-state index is 0.211. The van der Waals surface area contributed by atoms with Gasteiger partial charge < -0.3 is 4.74 Å². The van der Waals surface area contributed by atoms with Crippen LogP contribution in [0.3, 0.4) is 0 Å². The first-order chi connectivity index (χ1) is 9.38. The van der Waals surface area contributed by atoms with Crippen molar-refractivity contribution in [1.82, 2.24) is 0 Å². The second-order valence-electron chi connectivity index (χ2n) is 5.44. The summed E-state index contributed by atoms with van der Waals surface area (Å²) in [6, 6.07) is 17.7. The quantitative estimate of drug-likeness (QED) is 0.726. The lowest BCUT2D eigenvalue weighted by Crippen LogP contribution is -2.07. The molecular weight excluding hydrogens is 232 g/mol.